The minimum atomic E-state index is -0.794. The summed E-state index contributed by atoms with van der Waals surface area (Å²) in [6, 6.07) is 3.82. The number of carbonyl (C=O) groups is 3. The van der Waals surface area contributed by atoms with Gasteiger partial charge in [-0.25, -0.2) is 14.0 Å². The van der Waals surface area contributed by atoms with Gasteiger partial charge in [-0.2, -0.15) is 0 Å². The molecule has 0 spiro atoms. The second-order valence-corrected chi connectivity index (χ2v) is 6.15. The number of methoxy groups -OCH3 is 1. The van der Waals surface area contributed by atoms with Crippen LogP contribution >= 0.6 is 0 Å². The summed E-state index contributed by atoms with van der Waals surface area (Å²) in [7, 11) is 2.82. The van der Waals surface area contributed by atoms with Gasteiger partial charge in [0.05, 0.1) is 7.11 Å². The van der Waals surface area contributed by atoms with E-state index >= 15 is 0 Å². The van der Waals surface area contributed by atoms with Crippen LogP contribution in [0.2, 0.25) is 0 Å². The van der Waals surface area contributed by atoms with Crippen molar-refractivity contribution >= 4 is 23.6 Å². The number of ether oxygens (including phenoxy) is 1. The summed E-state index contributed by atoms with van der Waals surface area (Å²) in [6.45, 7) is 3.46. The molecule has 0 aliphatic carbocycles. The molecule has 7 nitrogen and oxygen atoms in total. The predicted octanol–water partition coefficient (Wildman–Crippen LogP) is 1.70. The van der Waals surface area contributed by atoms with Gasteiger partial charge in [-0.3, -0.25) is 9.69 Å². The van der Waals surface area contributed by atoms with Gasteiger partial charge in [0.15, 0.2) is 0 Å². The fourth-order valence-electron chi connectivity index (χ4n) is 2.69. The average Bonchev–Trinajstić information content (AvgIpc) is 2.78. The first kappa shape index (κ1) is 18.7. The number of benzene rings is 1. The summed E-state index contributed by atoms with van der Waals surface area (Å²) >= 11 is 0. The Labute approximate surface area is 145 Å². The van der Waals surface area contributed by atoms with Gasteiger partial charge in [-0.05, 0) is 31.2 Å². The highest BCUT2D eigenvalue weighted by Crippen LogP contribution is 2.20. The van der Waals surface area contributed by atoms with Crippen molar-refractivity contribution in [3.8, 4) is 0 Å². The Morgan fingerprint density at radius 1 is 1.32 bits per heavy atom. The third-order valence-corrected chi connectivity index (χ3v) is 4.40. The van der Waals surface area contributed by atoms with Crippen molar-refractivity contribution in [2.24, 2.45) is 5.92 Å². The molecule has 1 aromatic carbocycles. The van der Waals surface area contributed by atoms with E-state index in [-0.39, 0.29) is 12.5 Å². The third-order valence-electron chi connectivity index (χ3n) is 4.40. The fourth-order valence-corrected chi connectivity index (χ4v) is 2.69. The number of nitrogens with zero attached hydrogens (tertiary/aromatic N) is 2. The molecule has 1 N–H and O–H groups in total. The molecular formula is C17H22FN3O4. The molecule has 1 heterocycles. The molecule has 8 heteroatoms. The van der Waals surface area contributed by atoms with Gasteiger partial charge in [0.1, 0.15) is 17.9 Å². The zero-order valence-corrected chi connectivity index (χ0v) is 14.7. The van der Waals surface area contributed by atoms with E-state index < -0.39 is 35.8 Å². The lowest BCUT2D eigenvalue weighted by Gasteiger charge is -2.26. The molecule has 3 atom stereocenters. The lowest BCUT2D eigenvalue weighted by atomic mass is 10.0. The van der Waals surface area contributed by atoms with E-state index in [1.807, 2.05) is 0 Å². The molecule has 0 saturated carbocycles. The summed E-state index contributed by atoms with van der Waals surface area (Å²) in [6.07, 6.45) is 0. The number of carbonyl (C=O) groups excluding carboxylic acids is 3. The Kier molecular flexibility index (Phi) is 5.61. The maximum atomic E-state index is 13.0. The highest BCUT2D eigenvalue weighted by molar-refractivity contribution is 6.03. The van der Waals surface area contributed by atoms with Crippen molar-refractivity contribution < 1.29 is 23.5 Å². The number of halogens is 1. The number of likely N-dealkylation sites (N-methyl/N-ethyl adjacent to an activating group) is 1. The largest absolute Gasteiger partial charge is 0.467 e. The SMILES string of the molecule is COC(=O)C(Nc1ccc(F)cc1)C(C)CN1C(=O)C(C)N(C)C1=O. The van der Waals surface area contributed by atoms with Crippen LogP contribution in [0.1, 0.15) is 13.8 Å². The van der Waals surface area contributed by atoms with Crippen molar-refractivity contribution in [1.82, 2.24) is 9.80 Å². The minimum absolute atomic E-state index is 0.0698. The van der Waals surface area contributed by atoms with Gasteiger partial charge in [-0.1, -0.05) is 6.92 Å². The molecule has 3 unspecified atom stereocenters. The van der Waals surface area contributed by atoms with E-state index in [0.29, 0.717) is 5.69 Å². The van der Waals surface area contributed by atoms with Crippen molar-refractivity contribution in [2.45, 2.75) is 25.9 Å². The molecule has 1 aromatic rings. The minimum Gasteiger partial charge on any atom is -0.467 e. The molecular weight excluding hydrogens is 329 g/mol. The number of amides is 3. The van der Waals surface area contributed by atoms with Gasteiger partial charge < -0.3 is 15.0 Å². The van der Waals surface area contributed by atoms with E-state index in [2.05, 4.69) is 5.32 Å². The number of urea groups is 1. The highest BCUT2D eigenvalue weighted by atomic mass is 19.1. The number of hydrogen-bond donors (Lipinski definition) is 1. The Bertz CT molecular complexity index is 644. The normalized spacial score (nSPS) is 19.8. The molecule has 2 rings (SSSR count). The zero-order chi connectivity index (χ0) is 18.7. The Morgan fingerprint density at radius 3 is 2.40 bits per heavy atom. The van der Waals surface area contributed by atoms with E-state index in [1.54, 1.807) is 20.9 Å². The molecule has 0 radical (unpaired) electrons. The molecule has 25 heavy (non-hydrogen) atoms. The maximum absolute atomic E-state index is 13.0. The second-order valence-electron chi connectivity index (χ2n) is 6.15. The first-order valence-corrected chi connectivity index (χ1v) is 7.94. The first-order chi connectivity index (χ1) is 11.8. The third kappa shape index (κ3) is 3.89. The molecule has 1 aliphatic heterocycles. The van der Waals surface area contributed by atoms with Crippen LogP contribution in [-0.2, 0) is 14.3 Å². The average molecular weight is 351 g/mol. The van der Waals surface area contributed by atoms with Crippen molar-refractivity contribution in [3.05, 3.63) is 30.1 Å². The van der Waals surface area contributed by atoms with Crippen molar-refractivity contribution in [1.29, 1.82) is 0 Å². The summed E-state index contributed by atoms with van der Waals surface area (Å²) < 4.78 is 17.8. The first-order valence-electron chi connectivity index (χ1n) is 7.94. The summed E-state index contributed by atoms with van der Waals surface area (Å²) in [5, 5.41) is 2.98. The van der Waals surface area contributed by atoms with Crippen LogP contribution in [0.15, 0.2) is 24.3 Å². The van der Waals surface area contributed by atoms with Crippen LogP contribution in [0.3, 0.4) is 0 Å². The van der Waals surface area contributed by atoms with Gasteiger partial charge in [0, 0.05) is 25.2 Å². The van der Waals surface area contributed by atoms with Crippen LogP contribution in [0.5, 0.6) is 0 Å². The lowest BCUT2D eigenvalue weighted by Crippen LogP contribution is -2.44. The van der Waals surface area contributed by atoms with E-state index in [0.717, 1.165) is 4.90 Å². The zero-order valence-electron chi connectivity index (χ0n) is 14.7. The van der Waals surface area contributed by atoms with E-state index in [1.165, 1.54) is 36.3 Å². The van der Waals surface area contributed by atoms with Crippen LogP contribution in [-0.4, -0.2) is 60.5 Å². The smallest absolute Gasteiger partial charge is 0.328 e. The number of hydrogen-bond acceptors (Lipinski definition) is 5. The maximum Gasteiger partial charge on any atom is 0.328 e. The van der Waals surface area contributed by atoms with Crippen LogP contribution < -0.4 is 5.32 Å². The van der Waals surface area contributed by atoms with Gasteiger partial charge in [-0.15, -0.1) is 0 Å². The van der Waals surface area contributed by atoms with Gasteiger partial charge in [0.25, 0.3) is 5.91 Å². The monoisotopic (exact) mass is 351 g/mol. The summed E-state index contributed by atoms with van der Waals surface area (Å²) in [5.74, 6) is -1.63. The fraction of sp³-hybridized carbons (Fsp3) is 0.471. The number of rotatable bonds is 6. The van der Waals surface area contributed by atoms with E-state index in [9.17, 15) is 18.8 Å². The number of esters is 1. The number of imide groups is 1. The number of nitrogens with one attached hydrogen (secondary N) is 1. The quantitative estimate of drug-likeness (QED) is 0.623. The topological polar surface area (TPSA) is 79.0 Å². The van der Waals surface area contributed by atoms with Crippen LogP contribution in [0, 0.1) is 11.7 Å². The van der Waals surface area contributed by atoms with Crippen molar-refractivity contribution in [2.75, 3.05) is 26.0 Å². The Balaban J connectivity index is 2.14. The van der Waals surface area contributed by atoms with Crippen LogP contribution in [0.4, 0.5) is 14.9 Å². The van der Waals surface area contributed by atoms with Gasteiger partial charge >= 0.3 is 12.0 Å². The molecule has 1 fully saturated rings. The van der Waals surface area contributed by atoms with Crippen molar-refractivity contribution in [3.63, 3.8) is 0 Å². The van der Waals surface area contributed by atoms with Crippen LogP contribution in [0.25, 0.3) is 0 Å². The molecule has 1 saturated heterocycles. The second kappa shape index (κ2) is 7.50. The Hall–Kier alpha value is -2.64. The molecule has 0 bridgehead atoms. The molecule has 1 aliphatic rings. The summed E-state index contributed by atoms with van der Waals surface area (Å²) in [4.78, 5) is 39.0. The molecule has 3 amide bonds. The molecule has 136 valence electrons. The standard InChI is InChI=1S/C17H22FN3O4/c1-10(9-21-15(22)11(2)20(3)17(21)24)14(16(23)25-4)19-13-7-5-12(18)6-8-13/h5-8,10-11,14,19H,9H2,1-4H3. The lowest BCUT2D eigenvalue weighted by molar-refractivity contribution is -0.143. The Morgan fingerprint density at radius 2 is 1.92 bits per heavy atom. The predicted molar refractivity (Wildman–Crippen MR) is 89.3 cm³/mol. The van der Waals surface area contributed by atoms with E-state index in [4.69, 9.17) is 4.74 Å². The molecule has 0 aromatic heterocycles. The van der Waals surface area contributed by atoms with Gasteiger partial charge in [0.2, 0.25) is 0 Å². The number of anilines is 1. The highest BCUT2D eigenvalue weighted by Gasteiger charge is 2.42. The summed E-state index contributed by atoms with van der Waals surface area (Å²) in [5.41, 5.74) is 0.535.